The molecule has 0 unspecified atom stereocenters. The number of hydrogen-bond acceptors (Lipinski definition) is 3. The molecular formula is C20H26FN3O3S. The fraction of sp³-hybridized carbons (Fsp3) is 0.450. The first-order valence-electron chi connectivity index (χ1n) is 9.37. The van der Waals surface area contributed by atoms with Crippen LogP contribution in [-0.2, 0) is 28.4 Å². The van der Waals surface area contributed by atoms with E-state index in [9.17, 15) is 17.6 Å². The van der Waals surface area contributed by atoms with Crippen molar-refractivity contribution in [1.82, 2.24) is 13.8 Å². The fourth-order valence-electron chi connectivity index (χ4n) is 3.15. The van der Waals surface area contributed by atoms with E-state index < -0.39 is 21.9 Å². The number of sulfonamides is 1. The van der Waals surface area contributed by atoms with Crippen LogP contribution in [0.15, 0.2) is 47.5 Å². The zero-order valence-corrected chi connectivity index (χ0v) is 17.2. The van der Waals surface area contributed by atoms with Gasteiger partial charge in [0.05, 0.1) is 18.0 Å². The molecule has 0 saturated heterocycles. The number of benzene rings is 1. The first-order chi connectivity index (χ1) is 13.2. The SMILES string of the molecule is CC(C)N(CC(=O)N(Cc1cccn1C)C1CC1)S(=O)(=O)c1ccc(F)cc1. The summed E-state index contributed by atoms with van der Waals surface area (Å²) in [5.41, 5.74) is 0.998. The van der Waals surface area contributed by atoms with Gasteiger partial charge in [-0.1, -0.05) is 0 Å². The highest BCUT2D eigenvalue weighted by Gasteiger charge is 2.36. The lowest BCUT2D eigenvalue weighted by Crippen LogP contribution is -2.46. The maximum Gasteiger partial charge on any atom is 0.243 e. The predicted octanol–water partition coefficient (Wildman–Crippen LogP) is 2.75. The first-order valence-corrected chi connectivity index (χ1v) is 10.8. The molecule has 2 aromatic rings. The molecule has 1 fully saturated rings. The van der Waals surface area contributed by atoms with E-state index in [2.05, 4.69) is 0 Å². The molecule has 1 aliphatic carbocycles. The zero-order valence-electron chi connectivity index (χ0n) is 16.4. The molecule has 0 bridgehead atoms. The van der Waals surface area contributed by atoms with Crippen molar-refractivity contribution in [2.24, 2.45) is 7.05 Å². The molecule has 3 rings (SSSR count). The summed E-state index contributed by atoms with van der Waals surface area (Å²) in [7, 11) is -1.99. The summed E-state index contributed by atoms with van der Waals surface area (Å²) in [5, 5.41) is 0. The van der Waals surface area contributed by atoms with Crippen LogP contribution in [0.1, 0.15) is 32.4 Å². The Morgan fingerprint density at radius 3 is 2.36 bits per heavy atom. The summed E-state index contributed by atoms with van der Waals surface area (Å²) in [6.45, 7) is 3.67. The lowest BCUT2D eigenvalue weighted by molar-refractivity contribution is -0.133. The van der Waals surface area contributed by atoms with Gasteiger partial charge in [-0.2, -0.15) is 4.31 Å². The minimum Gasteiger partial charge on any atom is -0.353 e. The average molecular weight is 408 g/mol. The number of halogens is 1. The number of nitrogens with zero attached hydrogens (tertiary/aromatic N) is 3. The van der Waals surface area contributed by atoms with Crippen molar-refractivity contribution in [1.29, 1.82) is 0 Å². The van der Waals surface area contributed by atoms with Crippen LogP contribution in [0, 0.1) is 5.82 Å². The van der Waals surface area contributed by atoms with Crippen molar-refractivity contribution >= 4 is 15.9 Å². The zero-order chi connectivity index (χ0) is 20.5. The molecule has 0 atom stereocenters. The van der Waals surface area contributed by atoms with Crippen LogP contribution >= 0.6 is 0 Å². The second-order valence-corrected chi connectivity index (χ2v) is 9.35. The molecule has 1 saturated carbocycles. The summed E-state index contributed by atoms with van der Waals surface area (Å²) >= 11 is 0. The van der Waals surface area contributed by atoms with E-state index in [4.69, 9.17) is 0 Å². The molecule has 0 spiro atoms. The van der Waals surface area contributed by atoms with E-state index in [0.717, 1.165) is 30.7 Å². The van der Waals surface area contributed by atoms with Crippen molar-refractivity contribution in [3.05, 3.63) is 54.1 Å². The third-order valence-corrected chi connectivity index (χ3v) is 7.02. The van der Waals surface area contributed by atoms with Crippen LogP contribution in [0.25, 0.3) is 0 Å². The molecule has 1 aliphatic rings. The second kappa shape index (κ2) is 8.05. The Bertz CT molecular complexity index is 934. The van der Waals surface area contributed by atoms with Crippen LogP contribution in [0.5, 0.6) is 0 Å². The van der Waals surface area contributed by atoms with Crippen molar-refractivity contribution in [2.75, 3.05) is 6.54 Å². The van der Waals surface area contributed by atoms with Crippen molar-refractivity contribution in [3.8, 4) is 0 Å². The third-order valence-electron chi connectivity index (χ3n) is 4.98. The lowest BCUT2D eigenvalue weighted by Gasteiger charge is -2.29. The average Bonchev–Trinajstić information content (AvgIpc) is 3.39. The summed E-state index contributed by atoms with van der Waals surface area (Å²) in [6, 6.07) is 8.31. The predicted molar refractivity (Wildman–Crippen MR) is 104 cm³/mol. The summed E-state index contributed by atoms with van der Waals surface area (Å²) < 4.78 is 42.4. The van der Waals surface area contributed by atoms with Gasteiger partial charge < -0.3 is 9.47 Å². The largest absolute Gasteiger partial charge is 0.353 e. The number of aryl methyl sites for hydroxylation is 1. The van der Waals surface area contributed by atoms with Gasteiger partial charge in [0.2, 0.25) is 15.9 Å². The van der Waals surface area contributed by atoms with Crippen molar-refractivity contribution < 1.29 is 17.6 Å². The van der Waals surface area contributed by atoms with Crippen LogP contribution < -0.4 is 0 Å². The molecule has 28 heavy (non-hydrogen) atoms. The Morgan fingerprint density at radius 2 is 1.86 bits per heavy atom. The van der Waals surface area contributed by atoms with Crippen LogP contribution in [0.3, 0.4) is 0 Å². The quantitative estimate of drug-likeness (QED) is 0.676. The topological polar surface area (TPSA) is 62.6 Å². The van der Waals surface area contributed by atoms with Gasteiger partial charge in [-0.05, 0) is 63.1 Å². The monoisotopic (exact) mass is 407 g/mol. The molecule has 1 aromatic carbocycles. The summed E-state index contributed by atoms with van der Waals surface area (Å²) in [5.74, 6) is -0.725. The van der Waals surface area contributed by atoms with Crippen LogP contribution in [0.2, 0.25) is 0 Å². The Hall–Kier alpha value is -2.19. The minimum absolute atomic E-state index is 0.0178. The van der Waals surface area contributed by atoms with Gasteiger partial charge in [0.1, 0.15) is 5.82 Å². The van der Waals surface area contributed by atoms with Crippen molar-refractivity contribution in [3.63, 3.8) is 0 Å². The highest BCUT2D eigenvalue weighted by Crippen LogP contribution is 2.29. The minimum atomic E-state index is -3.91. The lowest BCUT2D eigenvalue weighted by atomic mass is 10.3. The standard InChI is InChI=1S/C20H26FN3O3S/c1-15(2)24(28(26,27)19-10-6-16(21)7-11-19)14-20(25)23(17-8-9-17)13-18-5-4-12-22(18)3/h4-7,10-12,15,17H,8-9,13-14H2,1-3H3. The molecule has 1 amide bonds. The number of carbonyl (C=O) groups is 1. The van der Waals surface area contributed by atoms with Crippen LogP contribution in [-0.4, -0.2) is 46.7 Å². The maximum absolute atomic E-state index is 13.2. The van der Waals surface area contributed by atoms with Crippen LogP contribution in [0.4, 0.5) is 4.39 Å². The Morgan fingerprint density at radius 1 is 1.21 bits per heavy atom. The number of rotatable bonds is 8. The first kappa shape index (κ1) is 20.5. The highest BCUT2D eigenvalue weighted by atomic mass is 32.2. The second-order valence-electron chi connectivity index (χ2n) is 7.46. The molecule has 8 heteroatoms. The summed E-state index contributed by atoms with van der Waals surface area (Å²) in [4.78, 5) is 14.8. The normalized spacial score (nSPS) is 14.6. The number of amides is 1. The molecule has 0 radical (unpaired) electrons. The Labute approximate surface area is 165 Å². The Balaban J connectivity index is 1.81. The number of hydrogen-bond donors (Lipinski definition) is 0. The van der Waals surface area contributed by atoms with Gasteiger partial charge in [0, 0.05) is 31.0 Å². The van der Waals surface area contributed by atoms with Gasteiger partial charge in [-0.15, -0.1) is 0 Å². The van der Waals surface area contributed by atoms with E-state index in [1.54, 1.807) is 18.7 Å². The van der Waals surface area contributed by atoms with Gasteiger partial charge >= 0.3 is 0 Å². The molecular weight excluding hydrogens is 381 g/mol. The molecule has 0 aliphatic heterocycles. The van der Waals surface area contributed by atoms with E-state index in [1.165, 1.54) is 16.4 Å². The van der Waals surface area contributed by atoms with E-state index in [1.807, 2.05) is 29.9 Å². The van der Waals surface area contributed by atoms with Gasteiger partial charge in [0.15, 0.2) is 0 Å². The maximum atomic E-state index is 13.2. The Kier molecular flexibility index (Phi) is 5.90. The molecule has 6 nitrogen and oxygen atoms in total. The molecule has 152 valence electrons. The third kappa shape index (κ3) is 4.44. The molecule has 0 N–H and O–H groups in total. The molecule has 1 heterocycles. The van der Waals surface area contributed by atoms with Gasteiger partial charge in [0.25, 0.3) is 0 Å². The van der Waals surface area contributed by atoms with E-state index >= 15 is 0 Å². The summed E-state index contributed by atoms with van der Waals surface area (Å²) in [6.07, 6.45) is 3.79. The fourth-order valence-corrected chi connectivity index (χ4v) is 4.74. The van der Waals surface area contributed by atoms with E-state index in [-0.39, 0.29) is 23.4 Å². The van der Waals surface area contributed by atoms with Gasteiger partial charge in [-0.3, -0.25) is 4.79 Å². The van der Waals surface area contributed by atoms with Gasteiger partial charge in [-0.25, -0.2) is 12.8 Å². The smallest absolute Gasteiger partial charge is 0.243 e. The number of aromatic nitrogens is 1. The molecule has 1 aromatic heterocycles. The number of carbonyl (C=O) groups excluding carboxylic acids is 1. The van der Waals surface area contributed by atoms with E-state index in [0.29, 0.717) is 6.54 Å². The van der Waals surface area contributed by atoms with Crippen molar-refractivity contribution in [2.45, 2.75) is 50.2 Å². The highest BCUT2D eigenvalue weighted by molar-refractivity contribution is 7.89.